The Hall–Kier alpha value is -1.13. The molecule has 144 valence electrons. The van der Waals surface area contributed by atoms with Crippen LogP contribution in [0.25, 0.3) is 20.2 Å². The van der Waals surface area contributed by atoms with Crippen molar-refractivity contribution in [2.24, 2.45) is 5.92 Å². The van der Waals surface area contributed by atoms with Gasteiger partial charge in [0.15, 0.2) is 5.82 Å². The molecule has 1 heterocycles. The van der Waals surface area contributed by atoms with Crippen LogP contribution >= 0.6 is 23.1 Å². The van der Waals surface area contributed by atoms with Crippen LogP contribution in [0.2, 0.25) is 0 Å². The molecule has 27 heavy (non-hydrogen) atoms. The monoisotopic (exact) mass is 404 g/mol. The van der Waals surface area contributed by atoms with E-state index in [9.17, 15) is 4.39 Å². The molecule has 0 unspecified atom stereocenters. The van der Waals surface area contributed by atoms with Gasteiger partial charge in [-0.15, -0.1) is 23.1 Å². The van der Waals surface area contributed by atoms with Gasteiger partial charge in [-0.1, -0.05) is 44.9 Å². The summed E-state index contributed by atoms with van der Waals surface area (Å²) in [4.78, 5) is 0.659. The third-order valence-electron chi connectivity index (χ3n) is 5.97. The highest BCUT2D eigenvalue weighted by Gasteiger charge is 2.26. The highest BCUT2D eigenvalue weighted by Crippen LogP contribution is 2.44. The molecule has 1 saturated carbocycles. The van der Waals surface area contributed by atoms with E-state index >= 15 is 4.39 Å². The molecule has 0 N–H and O–H groups in total. The maximum Gasteiger partial charge on any atom is 0.154 e. The Bertz CT molecular complexity index is 952. The number of fused-ring (bicyclic) bond motifs is 3. The molecule has 1 aliphatic rings. The summed E-state index contributed by atoms with van der Waals surface area (Å²) in [7, 11) is 0. The number of thioether (sulfide) groups is 1. The van der Waals surface area contributed by atoms with E-state index in [2.05, 4.69) is 6.92 Å². The van der Waals surface area contributed by atoms with E-state index in [4.69, 9.17) is 0 Å². The van der Waals surface area contributed by atoms with E-state index in [-0.39, 0.29) is 11.6 Å². The predicted octanol–water partition coefficient (Wildman–Crippen LogP) is 8.52. The third-order valence-corrected chi connectivity index (χ3v) is 8.09. The topological polar surface area (TPSA) is 0 Å². The van der Waals surface area contributed by atoms with Crippen LogP contribution in [0.3, 0.4) is 0 Å². The minimum Gasteiger partial charge on any atom is -0.205 e. The van der Waals surface area contributed by atoms with Crippen LogP contribution in [-0.2, 0) is 0 Å². The fourth-order valence-corrected chi connectivity index (χ4v) is 6.54. The minimum absolute atomic E-state index is 0.114. The van der Waals surface area contributed by atoms with Gasteiger partial charge in [-0.05, 0) is 54.9 Å². The zero-order valence-electron chi connectivity index (χ0n) is 16.0. The summed E-state index contributed by atoms with van der Waals surface area (Å²) in [5.41, 5.74) is 0.840. The summed E-state index contributed by atoms with van der Waals surface area (Å²) in [6, 6.07) is 7.75. The van der Waals surface area contributed by atoms with Crippen molar-refractivity contribution in [1.29, 1.82) is 0 Å². The molecule has 0 spiro atoms. The Morgan fingerprint density at radius 2 is 1.59 bits per heavy atom. The Morgan fingerprint density at radius 1 is 0.926 bits per heavy atom. The SMILES string of the molecule is CCCC1CCC(c2ccc3c(sc4c(F)c(SCC)ccc43)c2F)CC1. The van der Waals surface area contributed by atoms with Gasteiger partial charge in [-0.3, -0.25) is 0 Å². The van der Waals surface area contributed by atoms with Gasteiger partial charge in [0.25, 0.3) is 0 Å². The molecular formula is C23H26F2S2. The summed E-state index contributed by atoms with van der Waals surface area (Å²) in [6.45, 7) is 4.26. The van der Waals surface area contributed by atoms with Crippen molar-refractivity contribution in [3.05, 3.63) is 41.5 Å². The second-order valence-electron chi connectivity index (χ2n) is 7.64. The van der Waals surface area contributed by atoms with Gasteiger partial charge in [0.2, 0.25) is 0 Å². The Kier molecular flexibility index (Phi) is 5.75. The van der Waals surface area contributed by atoms with Gasteiger partial charge >= 0.3 is 0 Å². The van der Waals surface area contributed by atoms with Gasteiger partial charge in [-0.2, -0.15) is 0 Å². The molecule has 1 aliphatic carbocycles. The summed E-state index contributed by atoms with van der Waals surface area (Å²) in [5, 5.41) is 1.69. The smallest absolute Gasteiger partial charge is 0.154 e. The van der Waals surface area contributed by atoms with Crippen molar-refractivity contribution in [1.82, 2.24) is 0 Å². The van der Waals surface area contributed by atoms with Crippen molar-refractivity contribution in [2.75, 3.05) is 5.75 Å². The number of benzene rings is 2. The molecule has 0 nitrogen and oxygen atoms in total. The second kappa shape index (κ2) is 8.08. The molecule has 3 aromatic rings. The van der Waals surface area contributed by atoms with E-state index in [0.29, 0.717) is 20.2 Å². The van der Waals surface area contributed by atoms with Gasteiger partial charge in [-0.25, -0.2) is 8.78 Å². The van der Waals surface area contributed by atoms with Gasteiger partial charge in [0, 0.05) is 15.7 Å². The first kappa shape index (κ1) is 19.2. The second-order valence-corrected chi connectivity index (χ2v) is 9.97. The maximum absolute atomic E-state index is 15.4. The average molecular weight is 405 g/mol. The van der Waals surface area contributed by atoms with Crippen LogP contribution in [0, 0.1) is 17.6 Å². The minimum atomic E-state index is -0.193. The van der Waals surface area contributed by atoms with E-state index < -0.39 is 0 Å². The summed E-state index contributed by atoms with van der Waals surface area (Å²) < 4.78 is 31.5. The van der Waals surface area contributed by atoms with Crippen LogP contribution in [0.5, 0.6) is 0 Å². The van der Waals surface area contributed by atoms with E-state index in [1.807, 2.05) is 31.2 Å². The molecule has 4 heteroatoms. The Balaban J connectivity index is 1.72. The summed E-state index contributed by atoms with van der Waals surface area (Å²) in [6.07, 6.45) is 7.08. The fraction of sp³-hybridized carbons (Fsp3) is 0.478. The zero-order chi connectivity index (χ0) is 19.0. The van der Waals surface area contributed by atoms with Gasteiger partial charge in [0.1, 0.15) is 5.82 Å². The normalized spacial score (nSPS) is 20.6. The van der Waals surface area contributed by atoms with Gasteiger partial charge < -0.3 is 0 Å². The van der Waals surface area contributed by atoms with E-state index in [0.717, 1.165) is 40.8 Å². The third kappa shape index (κ3) is 3.51. The van der Waals surface area contributed by atoms with Crippen molar-refractivity contribution in [3.63, 3.8) is 0 Å². The summed E-state index contributed by atoms with van der Waals surface area (Å²) >= 11 is 2.78. The lowest BCUT2D eigenvalue weighted by Crippen LogP contribution is -2.14. The molecule has 0 saturated heterocycles. The lowest BCUT2D eigenvalue weighted by atomic mass is 9.77. The van der Waals surface area contributed by atoms with E-state index in [1.165, 1.54) is 48.8 Å². The first-order valence-corrected chi connectivity index (χ1v) is 11.9. The lowest BCUT2D eigenvalue weighted by molar-refractivity contribution is 0.305. The maximum atomic E-state index is 15.4. The van der Waals surface area contributed by atoms with Crippen molar-refractivity contribution in [3.8, 4) is 0 Å². The van der Waals surface area contributed by atoms with E-state index in [1.54, 1.807) is 0 Å². The number of thiophene rings is 1. The molecular weight excluding hydrogens is 378 g/mol. The first-order valence-electron chi connectivity index (χ1n) is 10.1. The fourth-order valence-electron chi connectivity index (χ4n) is 4.59. The van der Waals surface area contributed by atoms with Gasteiger partial charge in [0.05, 0.1) is 9.40 Å². The summed E-state index contributed by atoms with van der Waals surface area (Å²) in [5.74, 6) is 1.64. The molecule has 2 aromatic carbocycles. The number of hydrogen-bond acceptors (Lipinski definition) is 2. The Labute approximate surface area is 168 Å². The van der Waals surface area contributed by atoms with Crippen molar-refractivity contribution >= 4 is 43.3 Å². The molecule has 0 bridgehead atoms. The molecule has 4 rings (SSSR count). The van der Waals surface area contributed by atoms with Crippen LogP contribution in [-0.4, -0.2) is 5.75 Å². The standard InChI is InChI=1S/C23H26F2S2/c1-3-5-14-6-8-15(9-7-14)16-10-11-17-18-12-13-19(26-4-2)21(25)23(18)27-22(17)20(16)24/h10-15H,3-9H2,1-2H3. The number of hydrogen-bond donors (Lipinski definition) is 0. The molecule has 0 amide bonds. The highest BCUT2D eigenvalue weighted by molar-refractivity contribution is 7.99. The Morgan fingerprint density at radius 3 is 2.26 bits per heavy atom. The van der Waals surface area contributed by atoms with Crippen molar-refractivity contribution < 1.29 is 8.78 Å². The molecule has 1 aromatic heterocycles. The average Bonchev–Trinajstić information content (AvgIpc) is 3.06. The number of rotatable bonds is 5. The largest absolute Gasteiger partial charge is 0.205 e. The van der Waals surface area contributed by atoms with Crippen LogP contribution in [0.15, 0.2) is 29.2 Å². The molecule has 0 atom stereocenters. The first-order chi connectivity index (χ1) is 13.1. The molecule has 1 fully saturated rings. The van der Waals surface area contributed by atoms with Crippen LogP contribution < -0.4 is 0 Å². The van der Waals surface area contributed by atoms with Crippen molar-refractivity contribution in [2.45, 2.75) is 63.2 Å². The highest BCUT2D eigenvalue weighted by atomic mass is 32.2. The quantitative estimate of drug-likeness (QED) is 0.384. The zero-order valence-corrected chi connectivity index (χ0v) is 17.6. The van der Waals surface area contributed by atoms with Crippen LogP contribution in [0.1, 0.15) is 63.9 Å². The predicted molar refractivity (Wildman–Crippen MR) is 115 cm³/mol. The number of halogens is 2. The molecule has 0 radical (unpaired) electrons. The molecule has 0 aliphatic heterocycles. The van der Waals surface area contributed by atoms with Crippen LogP contribution in [0.4, 0.5) is 8.78 Å². The lowest BCUT2D eigenvalue weighted by Gasteiger charge is -2.28.